The molecule has 0 aliphatic carbocycles. The third-order valence-corrected chi connectivity index (χ3v) is 4.75. The van der Waals surface area contributed by atoms with Gasteiger partial charge in [-0.3, -0.25) is 0 Å². The Morgan fingerprint density at radius 2 is 2.05 bits per heavy atom. The number of rotatable bonds is 8. The van der Waals surface area contributed by atoms with Crippen molar-refractivity contribution in [2.45, 2.75) is 50.5 Å². The second-order valence-corrected chi connectivity index (χ2v) is 6.75. The molecular weight excluding hydrogens is 290 g/mol. The highest BCUT2D eigenvalue weighted by molar-refractivity contribution is 7.89. The topological polar surface area (TPSA) is 72.5 Å². The lowest BCUT2D eigenvalue weighted by Gasteiger charge is -2.14. The lowest BCUT2D eigenvalue weighted by atomic mass is 10.1. The molecule has 1 rings (SSSR count). The minimum atomic E-state index is -3.62. The van der Waals surface area contributed by atoms with Crippen LogP contribution in [0.15, 0.2) is 29.2 Å². The number of hydrogen-bond donors (Lipinski definition) is 1. The molecule has 0 unspecified atom stereocenters. The van der Waals surface area contributed by atoms with Crippen LogP contribution in [0.1, 0.15) is 49.9 Å². The molecule has 1 N–H and O–H groups in total. The standard InChI is InChI=1S/C15H23NO4S/c1-4-5-6-8-12(2)16-21(18,19)14-10-7-9-13(11-14)15(17)20-3/h7,9-12,16H,4-6,8H2,1-3H3/t12-/m1/s1. The summed E-state index contributed by atoms with van der Waals surface area (Å²) in [5.41, 5.74) is 0.221. The first kappa shape index (κ1) is 17.7. The molecular formula is C15H23NO4S. The molecule has 0 spiro atoms. The van der Waals surface area contributed by atoms with Crippen LogP contribution in [0.5, 0.6) is 0 Å². The van der Waals surface area contributed by atoms with Crippen LogP contribution in [0.25, 0.3) is 0 Å². The second kappa shape index (κ2) is 8.14. The first-order chi connectivity index (χ1) is 9.90. The van der Waals surface area contributed by atoms with E-state index in [0.29, 0.717) is 0 Å². The number of unbranched alkanes of at least 4 members (excludes halogenated alkanes) is 2. The zero-order valence-electron chi connectivity index (χ0n) is 12.8. The summed E-state index contributed by atoms with van der Waals surface area (Å²) in [6.45, 7) is 3.95. The van der Waals surface area contributed by atoms with Crippen LogP contribution in [0.3, 0.4) is 0 Å². The van der Waals surface area contributed by atoms with Gasteiger partial charge in [-0.1, -0.05) is 32.3 Å². The molecule has 0 fully saturated rings. The van der Waals surface area contributed by atoms with Gasteiger partial charge in [-0.2, -0.15) is 0 Å². The zero-order valence-corrected chi connectivity index (χ0v) is 13.6. The maximum Gasteiger partial charge on any atom is 0.337 e. The van der Waals surface area contributed by atoms with Gasteiger partial charge in [-0.05, 0) is 31.5 Å². The van der Waals surface area contributed by atoms with Crippen LogP contribution in [-0.4, -0.2) is 27.5 Å². The predicted octanol–water partition coefficient (Wildman–Crippen LogP) is 2.72. The summed E-state index contributed by atoms with van der Waals surface area (Å²) in [6.07, 6.45) is 3.97. The Balaban J connectivity index is 2.80. The maximum absolute atomic E-state index is 12.3. The molecule has 5 nitrogen and oxygen atoms in total. The first-order valence-electron chi connectivity index (χ1n) is 7.11. The van der Waals surface area contributed by atoms with Crippen molar-refractivity contribution in [2.75, 3.05) is 7.11 Å². The van der Waals surface area contributed by atoms with Gasteiger partial charge in [0.05, 0.1) is 17.6 Å². The van der Waals surface area contributed by atoms with Crippen molar-refractivity contribution in [1.82, 2.24) is 4.72 Å². The van der Waals surface area contributed by atoms with E-state index in [9.17, 15) is 13.2 Å². The summed E-state index contributed by atoms with van der Waals surface area (Å²) in [7, 11) is -2.36. The smallest absolute Gasteiger partial charge is 0.337 e. The van der Waals surface area contributed by atoms with Gasteiger partial charge in [0, 0.05) is 6.04 Å². The van der Waals surface area contributed by atoms with Crippen LogP contribution in [-0.2, 0) is 14.8 Å². The summed E-state index contributed by atoms with van der Waals surface area (Å²) >= 11 is 0. The van der Waals surface area contributed by atoms with Gasteiger partial charge in [0.25, 0.3) is 0 Å². The van der Waals surface area contributed by atoms with Gasteiger partial charge in [0.15, 0.2) is 0 Å². The van der Waals surface area contributed by atoms with Crippen molar-refractivity contribution in [3.63, 3.8) is 0 Å². The summed E-state index contributed by atoms with van der Waals surface area (Å²) in [4.78, 5) is 11.5. The number of benzene rings is 1. The normalized spacial score (nSPS) is 12.9. The van der Waals surface area contributed by atoms with Crippen molar-refractivity contribution >= 4 is 16.0 Å². The van der Waals surface area contributed by atoms with E-state index in [4.69, 9.17) is 0 Å². The Kier molecular flexibility index (Phi) is 6.84. The summed E-state index contributed by atoms with van der Waals surface area (Å²) in [6, 6.07) is 5.71. The number of ether oxygens (including phenoxy) is 1. The van der Waals surface area contributed by atoms with E-state index in [0.717, 1.165) is 25.7 Å². The predicted molar refractivity (Wildman–Crippen MR) is 81.7 cm³/mol. The molecule has 0 heterocycles. The second-order valence-electron chi connectivity index (χ2n) is 5.04. The van der Waals surface area contributed by atoms with Crippen LogP contribution in [0.4, 0.5) is 0 Å². The summed E-state index contributed by atoms with van der Waals surface area (Å²) in [5.74, 6) is -0.553. The van der Waals surface area contributed by atoms with Gasteiger partial charge in [0.1, 0.15) is 0 Å². The minimum Gasteiger partial charge on any atom is -0.465 e. The molecule has 0 aliphatic rings. The number of carbonyl (C=O) groups is 1. The van der Waals surface area contributed by atoms with E-state index in [1.54, 1.807) is 0 Å². The quantitative estimate of drug-likeness (QED) is 0.591. The van der Waals surface area contributed by atoms with Gasteiger partial charge in [-0.15, -0.1) is 0 Å². The Labute approximate surface area is 126 Å². The van der Waals surface area contributed by atoms with Crippen LogP contribution < -0.4 is 4.72 Å². The molecule has 0 aromatic heterocycles. The molecule has 1 aromatic rings. The summed E-state index contributed by atoms with van der Waals surface area (Å²) < 4.78 is 31.8. The van der Waals surface area contributed by atoms with Crippen molar-refractivity contribution in [3.8, 4) is 0 Å². The van der Waals surface area contributed by atoms with E-state index >= 15 is 0 Å². The van der Waals surface area contributed by atoms with Crippen molar-refractivity contribution in [1.29, 1.82) is 0 Å². The van der Waals surface area contributed by atoms with Gasteiger partial charge >= 0.3 is 5.97 Å². The van der Waals surface area contributed by atoms with Gasteiger partial charge in [0.2, 0.25) is 10.0 Å². The average Bonchev–Trinajstić information content (AvgIpc) is 2.46. The van der Waals surface area contributed by atoms with Crippen molar-refractivity contribution in [2.24, 2.45) is 0 Å². The Bertz CT molecular complexity index is 569. The fourth-order valence-corrected chi connectivity index (χ4v) is 3.32. The molecule has 0 amide bonds. The van der Waals surface area contributed by atoms with Crippen LogP contribution in [0, 0.1) is 0 Å². The molecule has 0 saturated carbocycles. The minimum absolute atomic E-state index is 0.0766. The number of carbonyl (C=O) groups excluding carboxylic acids is 1. The molecule has 1 atom stereocenters. The lowest BCUT2D eigenvalue weighted by molar-refractivity contribution is 0.0600. The lowest BCUT2D eigenvalue weighted by Crippen LogP contribution is -2.32. The van der Waals surface area contributed by atoms with Crippen LogP contribution >= 0.6 is 0 Å². The number of sulfonamides is 1. The van der Waals surface area contributed by atoms with Crippen molar-refractivity contribution < 1.29 is 17.9 Å². The highest BCUT2D eigenvalue weighted by Crippen LogP contribution is 2.14. The molecule has 0 bridgehead atoms. The van der Waals surface area contributed by atoms with Crippen LogP contribution in [0.2, 0.25) is 0 Å². The number of esters is 1. The molecule has 6 heteroatoms. The molecule has 0 radical (unpaired) electrons. The van der Waals surface area contributed by atoms with Gasteiger partial charge < -0.3 is 4.74 Å². The van der Waals surface area contributed by atoms with E-state index in [1.807, 2.05) is 6.92 Å². The fourth-order valence-electron chi connectivity index (χ4n) is 2.00. The number of methoxy groups -OCH3 is 1. The largest absolute Gasteiger partial charge is 0.465 e. The van der Waals surface area contributed by atoms with E-state index < -0.39 is 16.0 Å². The first-order valence-corrected chi connectivity index (χ1v) is 8.59. The Morgan fingerprint density at radius 1 is 1.33 bits per heavy atom. The van der Waals surface area contributed by atoms with Crippen molar-refractivity contribution in [3.05, 3.63) is 29.8 Å². The van der Waals surface area contributed by atoms with Gasteiger partial charge in [-0.25, -0.2) is 17.9 Å². The fraction of sp³-hybridized carbons (Fsp3) is 0.533. The third kappa shape index (κ3) is 5.47. The monoisotopic (exact) mass is 313 g/mol. The molecule has 0 aliphatic heterocycles. The average molecular weight is 313 g/mol. The zero-order chi connectivity index (χ0) is 15.9. The van der Waals surface area contributed by atoms with E-state index in [-0.39, 0.29) is 16.5 Å². The maximum atomic E-state index is 12.3. The molecule has 0 saturated heterocycles. The highest BCUT2D eigenvalue weighted by Gasteiger charge is 2.18. The third-order valence-electron chi connectivity index (χ3n) is 3.16. The number of nitrogens with one attached hydrogen (secondary N) is 1. The number of hydrogen-bond acceptors (Lipinski definition) is 4. The molecule has 1 aromatic carbocycles. The van der Waals surface area contributed by atoms with E-state index in [2.05, 4.69) is 16.4 Å². The Hall–Kier alpha value is -1.40. The van der Waals surface area contributed by atoms with E-state index in [1.165, 1.54) is 31.4 Å². The molecule has 118 valence electrons. The summed E-state index contributed by atoms with van der Waals surface area (Å²) in [5, 5.41) is 0. The molecule has 21 heavy (non-hydrogen) atoms. The Morgan fingerprint density at radius 3 is 2.67 bits per heavy atom. The highest BCUT2D eigenvalue weighted by atomic mass is 32.2. The SMILES string of the molecule is CCCCC[C@@H](C)NS(=O)(=O)c1cccc(C(=O)OC)c1.